The van der Waals surface area contributed by atoms with Crippen molar-refractivity contribution in [1.82, 2.24) is 0 Å². The third-order valence-corrected chi connectivity index (χ3v) is 4.86. The summed E-state index contributed by atoms with van der Waals surface area (Å²) in [5, 5.41) is 0. The number of methoxy groups -OCH3 is 1. The number of hydrogen-bond donors (Lipinski definition) is 0. The maximum atomic E-state index is 12.7. The molecule has 0 amide bonds. The number of nitrogens with zero attached hydrogens (tertiary/aromatic N) is 1. The van der Waals surface area contributed by atoms with E-state index in [0.717, 1.165) is 24.1 Å². The van der Waals surface area contributed by atoms with Crippen molar-refractivity contribution >= 4 is 17.5 Å². The lowest BCUT2D eigenvalue weighted by molar-refractivity contribution is -0.139. The zero-order valence-electron chi connectivity index (χ0n) is 14.9. The number of ketones is 1. The van der Waals surface area contributed by atoms with Crippen molar-refractivity contribution in [3.05, 3.63) is 41.1 Å². The number of rotatable bonds is 4. The maximum absolute atomic E-state index is 12.7. The Morgan fingerprint density at radius 1 is 1.28 bits per heavy atom. The van der Waals surface area contributed by atoms with Crippen LogP contribution in [0, 0.1) is 5.92 Å². The second-order valence-corrected chi connectivity index (χ2v) is 6.37. The van der Waals surface area contributed by atoms with Gasteiger partial charge in [-0.2, -0.15) is 0 Å². The van der Waals surface area contributed by atoms with Gasteiger partial charge < -0.3 is 9.47 Å². The Balaban J connectivity index is 2.15. The molecule has 132 valence electrons. The summed E-state index contributed by atoms with van der Waals surface area (Å²) < 4.78 is 10.6. The van der Waals surface area contributed by atoms with Crippen molar-refractivity contribution in [3.8, 4) is 5.75 Å². The van der Waals surface area contributed by atoms with Crippen LogP contribution in [-0.2, 0) is 14.3 Å². The van der Waals surface area contributed by atoms with Crippen LogP contribution in [0.2, 0.25) is 0 Å². The van der Waals surface area contributed by atoms with Crippen molar-refractivity contribution in [3.63, 3.8) is 0 Å². The molecule has 0 bridgehead atoms. The predicted octanol–water partition coefficient (Wildman–Crippen LogP) is 3.44. The molecule has 2 aliphatic rings. The molecule has 1 aromatic carbocycles. The third kappa shape index (κ3) is 3.23. The zero-order valence-corrected chi connectivity index (χ0v) is 14.9. The Hall–Kier alpha value is -2.43. The van der Waals surface area contributed by atoms with Crippen LogP contribution in [0.25, 0.3) is 0 Å². The highest BCUT2D eigenvalue weighted by molar-refractivity contribution is 6.11. The van der Waals surface area contributed by atoms with Gasteiger partial charge in [0.15, 0.2) is 0 Å². The normalized spacial score (nSPS) is 23.0. The van der Waals surface area contributed by atoms with E-state index in [0.29, 0.717) is 23.4 Å². The van der Waals surface area contributed by atoms with Crippen LogP contribution in [0.3, 0.4) is 0 Å². The Bertz CT molecular complexity index is 763. The highest BCUT2D eigenvalue weighted by Crippen LogP contribution is 2.43. The first kappa shape index (κ1) is 17.4. The van der Waals surface area contributed by atoms with Crippen LogP contribution in [-0.4, -0.2) is 31.2 Å². The quantitative estimate of drug-likeness (QED) is 0.787. The zero-order chi connectivity index (χ0) is 18.0. The van der Waals surface area contributed by atoms with Crippen molar-refractivity contribution in [1.29, 1.82) is 0 Å². The van der Waals surface area contributed by atoms with Gasteiger partial charge in [0.2, 0.25) is 0 Å². The predicted molar refractivity (Wildman–Crippen MR) is 94.9 cm³/mol. The van der Waals surface area contributed by atoms with Gasteiger partial charge in [-0.25, -0.2) is 4.79 Å². The summed E-state index contributed by atoms with van der Waals surface area (Å²) in [5.74, 6) is -0.301. The molecule has 25 heavy (non-hydrogen) atoms. The summed E-state index contributed by atoms with van der Waals surface area (Å²) in [5.41, 5.74) is 2.90. The van der Waals surface area contributed by atoms with Crippen LogP contribution < -0.4 is 4.74 Å². The second-order valence-electron chi connectivity index (χ2n) is 6.37. The molecule has 1 heterocycles. The number of allylic oxidation sites excluding steroid dienone is 1. The van der Waals surface area contributed by atoms with Crippen molar-refractivity contribution in [2.45, 2.75) is 39.0 Å². The molecule has 1 aliphatic heterocycles. The van der Waals surface area contributed by atoms with Gasteiger partial charge in [0.25, 0.3) is 0 Å². The minimum Gasteiger partial charge on any atom is -0.497 e. The number of carbonyl (C=O) groups is 2. The summed E-state index contributed by atoms with van der Waals surface area (Å²) in [6, 6.07) is 7.56. The molecule has 0 saturated heterocycles. The molecule has 0 aromatic heterocycles. The van der Waals surface area contributed by atoms with Crippen LogP contribution in [0.5, 0.6) is 5.75 Å². The summed E-state index contributed by atoms with van der Waals surface area (Å²) in [7, 11) is 1.60. The fourth-order valence-corrected chi connectivity index (χ4v) is 3.79. The molecule has 1 aliphatic carbocycles. The van der Waals surface area contributed by atoms with Crippen molar-refractivity contribution in [2.24, 2.45) is 10.9 Å². The van der Waals surface area contributed by atoms with Crippen LogP contribution >= 0.6 is 0 Å². The van der Waals surface area contributed by atoms with E-state index in [1.54, 1.807) is 14.0 Å². The van der Waals surface area contributed by atoms with Gasteiger partial charge in [0, 0.05) is 23.7 Å². The van der Waals surface area contributed by atoms with E-state index in [9.17, 15) is 9.59 Å². The number of hydrogen-bond acceptors (Lipinski definition) is 5. The van der Waals surface area contributed by atoms with Gasteiger partial charge in [-0.1, -0.05) is 12.1 Å². The van der Waals surface area contributed by atoms with E-state index in [-0.39, 0.29) is 24.2 Å². The van der Waals surface area contributed by atoms with E-state index < -0.39 is 5.97 Å². The largest absolute Gasteiger partial charge is 0.497 e. The minimum absolute atomic E-state index is 0.145. The number of esters is 1. The lowest BCUT2D eigenvalue weighted by Gasteiger charge is -2.35. The fourth-order valence-electron chi connectivity index (χ4n) is 3.79. The number of carbonyl (C=O) groups excluding carboxylic acids is 2. The molecule has 2 atom stereocenters. The second kappa shape index (κ2) is 7.21. The molecular weight excluding hydrogens is 318 g/mol. The number of Topliss-reactive ketones (excluding diaryl/α,β-unsaturated/α-hetero) is 1. The molecular formula is C20H23NO4. The molecule has 5 nitrogen and oxygen atoms in total. The molecule has 0 unspecified atom stereocenters. The molecule has 3 rings (SSSR count). The number of aliphatic imine (C=N–C) groups is 1. The molecule has 5 heteroatoms. The number of benzene rings is 1. The Kier molecular flexibility index (Phi) is 5.02. The summed E-state index contributed by atoms with van der Waals surface area (Å²) in [4.78, 5) is 29.9. The maximum Gasteiger partial charge on any atom is 0.336 e. The van der Waals surface area contributed by atoms with Gasteiger partial charge >= 0.3 is 5.97 Å². The minimum atomic E-state index is -0.394. The fraction of sp³-hybridized carbons (Fsp3) is 0.450. The van der Waals surface area contributed by atoms with Crippen molar-refractivity contribution in [2.75, 3.05) is 13.7 Å². The average Bonchev–Trinajstić information content (AvgIpc) is 2.61. The van der Waals surface area contributed by atoms with Crippen molar-refractivity contribution < 1.29 is 19.1 Å². The molecule has 0 radical (unpaired) electrons. The lowest BCUT2D eigenvalue weighted by atomic mass is 9.69. The molecule has 1 aromatic rings. The monoisotopic (exact) mass is 341 g/mol. The van der Waals surface area contributed by atoms with E-state index >= 15 is 0 Å². The molecule has 0 spiro atoms. The van der Waals surface area contributed by atoms with E-state index in [1.165, 1.54) is 0 Å². The average molecular weight is 341 g/mol. The van der Waals surface area contributed by atoms with E-state index in [1.807, 2.05) is 31.2 Å². The Morgan fingerprint density at radius 2 is 2.08 bits per heavy atom. The first-order valence-corrected chi connectivity index (χ1v) is 8.68. The third-order valence-electron chi connectivity index (χ3n) is 4.86. The van der Waals surface area contributed by atoms with Gasteiger partial charge in [-0.05, 0) is 44.4 Å². The van der Waals surface area contributed by atoms with Crippen LogP contribution in [0.15, 0.2) is 40.5 Å². The Labute approximate surface area is 147 Å². The highest BCUT2D eigenvalue weighted by atomic mass is 16.5. The summed E-state index contributed by atoms with van der Waals surface area (Å²) in [6.07, 6.45) is 2.14. The van der Waals surface area contributed by atoms with Gasteiger partial charge in [0.05, 0.1) is 25.2 Å². The lowest BCUT2D eigenvalue weighted by Crippen LogP contribution is -2.39. The van der Waals surface area contributed by atoms with E-state index in [2.05, 4.69) is 4.99 Å². The topological polar surface area (TPSA) is 65.0 Å². The molecule has 1 saturated carbocycles. The van der Waals surface area contributed by atoms with Gasteiger partial charge in [-0.3, -0.25) is 9.79 Å². The summed E-state index contributed by atoms with van der Waals surface area (Å²) >= 11 is 0. The smallest absolute Gasteiger partial charge is 0.336 e. The van der Waals surface area contributed by atoms with Crippen LogP contribution in [0.4, 0.5) is 0 Å². The van der Waals surface area contributed by atoms with E-state index in [4.69, 9.17) is 9.47 Å². The SMILES string of the molecule is CCOC(=O)C1=C(C)N=C2CCCC(=O)[C@@H]2[C@H]1c1cccc(OC)c1. The highest BCUT2D eigenvalue weighted by Gasteiger charge is 2.43. The number of ether oxygens (including phenoxy) is 2. The van der Waals surface area contributed by atoms with Crippen LogP contribution in [0.1, 0.15) is 44.6 Å². The van der Waals surface area contributed by atoms with Gasteiger partial charge in [-0.15, -0.1) is 0 Å². The first-order valence-electron chi connectivity index (χ1n) is 8.68. The molecule has 0 N–H and O–H groups in total. The molecule has 1 fully saturated rings. The number of fused-ring (bicyclic) bond motifs is 1. The van der Waals surface area contributed by atoms with Gasteiger partial charge in [0.1, 0.15) is 11.5 Å². The first-order chi connectivity index (χ1) is 12.1. The summed E-state index contributed by atoms with van der Waals surface area (Å²) in [6.45, 7) is 3.88. The standard InChI is InChI=1S/C20H23NO4/c1-4-25-20(23)17-12(2)21-15-9-6-10-16(22)19(15)18(17)13-7-5-8-14(11-13)24-3/h5,7-8,11,18-19H,4,6,9-10H2,1-3H3/t18-,19+/m0/s1. The Morgan fingerprint density at radius 3 is 2.80 bits per heavy atom.